The van der Waals surface area contributed by atoms with Crippen LogP contribution in [0.4, 0.5) is 9.59 Å². The molecule has 0 fully saturated rings. The number of amides is 3. The van der Waals surface area contributed by atoms with Gasteiger partial charge in [-0.25, -0.2) is 9.59 Å². The topological polar surface area (TPSA) is 122 Å². The van der Waals surface area contributed by atoms with E-state index in [9.17, 15) is 14.4 Å². The second kappa shape index (κ2) is 12.0. The van der Waals surface area contributed by atoms with Crippen LogP contribution in [-0.4, -0.2) is 61.3 Å². The van der Waals surface area contributed by atoms with Crippen molar-refractivity contribution in [1.82, 2.24) is 20.9 Å². The first kappa shape index (κ1) is 28.1. The van der Waals surface area contributed by atoms with Gasteiger partial charge in [0, 0.05) is 36.2 Å². The molecule has 190 valence electrons. The minimum Gasteiger partial charge on any atom is -0.444 e. The SMILES string of the molecule is [B]c1ccc2[nH]cc(CC(=O)NC[C@H](CCCNC(=O)OC(C)(C)C)NC(=O)OC(C)(C)C)c2c1. The van der Waals surface area contributed by atoms with Gasteiger partial charge in [0.1, 0.15) is 19.0 Å². The highest BCUT2D eigenvalue weighted by Gasteiger charge is 2.21. The molecule has 3 amide bonds. The third-order valence-electron chi connectivity index (χ3n) is 4.81. The number of hydrogen-bond acceptors (Lipinski definition) is 5. The van der Waals surface area contributed by atoms with Gasteiger partial charge in [-0.2, -0.15) is 0 Å². The minimum atomic E-state index is -0.646. The van der Waals surface area contributed by atoms with Crippen molar-refractivity contribution >= 4 is 42.3 Å². The van der Waals surface area contributed by atoms with Gasteiger partial charge in [0.05, 0.1) is 6.42 Å². The van der Waals surface area contributed by atoms with Crippen LogP contribution in [0.25, 0.3) is 10.9 Å². The lowest BCUT2D eigenvalue weighted by molar-refractivity contribution is -0.120. The van der Waals surface area contributed by atoms with Gasteiger partial charge in [-0.05, 0) is 66.0 Å². The molecule has 1 aromatic carbocycles. The molecule has 1 heterocycles. The Bertz CT molecular complexity index is 1020. The predicted molar refractivity (Wildman–Crippen MR) is 137 cm³/mol. The summed E-state index contributed by atoms with van der Waals surface area (Å²) in [5, 5.41) is 9.29. The number of benzene rings is 1. The Kier molecular flexibility index (Phi) is 9.62. The predicted octanol–water partition coefficient (Wildman–Crippen LogP) is 2.82. The molecule has 2 aromatic rings. The fourth-order valence-electron chi connectivity index (χ4n) is 3.37. The van der Waals surface area contributed by atoms with E-state index in [0.717, 1.165) is 16.5 Å². The summed E-state index contributed by atoms with van der Waals surface area (Å²) >= 11 is 0. The quantitative estimate of drug-likeness (QED) is 0.322. The number of ether oxygens (including phenoxy) is 2. The van der Waals surface area contributed by atoms with E-state index in [2.05, 4.69) is 20.9 Å². The first-order valence-electron chi connectivity index (χ1n) is 11.8. The van der Waals surface area contributed by atoms with Crippen LogP contribution in [0.1, 0.15) is 59.9 Å². The number of alkyl carbamates (subject to hydrolysis) is 2. The average Bonchev–Trinajstić information content (AvgIpc) is 3.08. The maximum absolute atomic E-state index is 12.6. The van der Waals surface area contributed by atoms with Crippen molar-refractivity contribution in [2.24, 2.45) is 0 Å². The molecule has 0 aliphatic heterocycles. The molecular formula is C25H37BN4O5. The number of carbonyl (C=O) groups excluding carboxylic acids is 3. The lowest BCUT2D eigenvalue weighted by Gasteiger charge is -2.24. The molecule has 0 aliphatic rings. The second-order valence-corrected chi connectivity index (χ2v) is 10.5. The Hall–Kier alpha value is -3.17. The van der Waals surface area contributed by atoms with E-state index in [1.54, 1.807) is 53.8 Å². The summed E-state index contributed by atoms with van der Waals surface area (Å²) in [7, 11) is 5.88. The van der Waals surface area contributed by atoms with Crippen molar-refractivity contribution in [2.75, 3.05) is 13.1 Å². The highest BCUT2D eigenvalue weighted by Crippen LogP contribution is 2.17. The van der Waals surface area contributed by atoms with Gasteiger partial charge < -0.3 is 30.4 Å². The first-order valence-corrected chi connectivity index (χ1v) is 11.8. The van der Waals surface area contributed by atoms with E-state index in [0.29, 0.717) is 24.8 Å². The fourth-order valence-corrected chi connectivity index (χ4v) is 3.37. The molecule has 0 aliphatic carbocycles. The maximum Gasteiger partial charge on any atom is 0.407 e. The Morgan fingerprint density at radius 1 is 1.00 bits per heavy atom. The Morgan fingerprint density at radius 3 is 2.31 bits per heavy atom. The normalized spacial score (nSPS) is 12.6. The number of aromatic amines is 1. The van der Waals surface area contributed by atoms with Crippen LogP contribution >= 0.6 is 0 Å². The monoisotopic (exact) mass is 484 g/mol. The maximum atomic E-state index is 12.6. The van der Waals surface area contributed by atoms with Crippen LogP contribution in [0.5, 0.6) is 0 Å². The Labute approximate surface area is 208 Å². The molecule has 0 saturated carbocycles. The molecule has 2 rings (SSSR count). The van der Waals surface area contributed by atoms with Crippen LogP contribution in [0.3, 0.4) is 0 Å². The first-order chi connectivity index (χ1) is 16.2. The van der Waals surface area contributed by atoms with Crippen LogP contribution in [0.15, 0.2) is 24.4 Å². The molecule has 1 atom stereocenters. The van der Waals surface area contributed by atoms with Crippen LogP contribution in [0, 0.1) is 0 Å². The summed E-state index contributed by atoms with van der Waals surface area (Å²) in [5.74, 6) is -0.184. The Morgan fingerprint density at radius 2 is 1.66 bits per heavy atom. The summed E-state index contributed by atoms with van der Waals surface area (Å²) in [4.78, 5) is 39.9. The third-order valence-corrected chi connectivity index (χ3v) is 4.81. The summed E-state index contributed by atoms with van der Waals surface area (Å²) in [6, 6.07) is 5.12. The summed E-state index contributed by atoms with van der Waals surface area (Å²) < 4.78 is 10.6. The van der Waals surface area contributed by atoms with Gasteiger partial charge in [-0.3, -0.25) is 4.79 Å². The van der Waals surface area contributed by atoms with E-state index in [1.165, 1.54) is 0 Å². The smallest absolute Gasteiger partial charge is 0.407 e. The standard InChI is InChI=1S/C25H37BN4O5/c1-24(2,3)34-22(32)27-11-7-8-18(30-23(33)35-25(4,5)6)15-29-21(31)12-16-14-28-20-10-9-17(26)13-19(16)20/h9-10,13-14,18,28H,7-8,11-12,15H2,1-6H3,(H,27,32)(H,29,31)(H,30,33)/t18-/m0/s1. The van der Waals surface area contributed by atoms with Gasteiger partial charge in [0.2, 0.25) is 5.91 Å². The van der Waals surface area contributed by atoms with Crippen molar-refractivity contribution < 1.29 is 23.9 Å². The number of H-pyrrole nitrogens is 1. The number of rotatable bonds is 9. The zero-order chi connectivity index (χ0) is 26.2. The molecule has 1 aromatic heterocycles. The van der Waals surface area contributed by atoms with E-state index >= 15 is 0 Å². The minimum absolute atomic E-state index is 0.169. The van der Waals surface area contributed by atoms with Gasteiger partial charge in [-0.1, -0.05) is 17.6 Å². The zero-order valence-electron chi connectivity index (χ0n) is 21.5. The van der Waals surface area contributed by atoms with Gasteiger partial charge in [-0.15, -0.1) is 0 Å². The lowest BCUT2D eigenvalue weighted by atomic mass is 9.94. The van der Waals surface area contributed by atoms with Crippen molar-refractivity contribution in [1.29, 1.82) is 0 Å². The lowest BCUT2D eigenvalue weighted by Crippen LogP contribution is -2.46. The second-order valence-electron chi connectivity index (χ2n) is 10.5. The number of fused-ring (bicyclic) bond motifs is 1. The molecule has 0 spiro atoms. The van der Waals surface area contributed by atoms with E-state index < -0.39 is 23.4 Å². The van der Waals surface area contributed by atoms with Crippen LogP contribution in [-0.2, 0) is 20.7 Å². The van der Waals surface area contributed by atoms with Crippen molar-refractivity contribution in [3.63, 3.8) is 0 Å². The molecule has 0 saturated heterocycles. The Balaban J connectivity index is 1.91. The van der Waals surface area contributed by atoms with Crippen LogP contribution in [0.2, 0.25) is 0 Å². The van der Waals surface area contributed by atoms with Crippen molar-refractivity contribution in [3.05, 3.63) is 30.0 Å². The fraction of sp³-hybridized carbons (Fsp3) is 0.560. The largest absolute Gasteiger partial charge is 0.444 e. The van der Waals surface area contributed by atoms with E-state index in [-0.39, 0.29) is 24.9 Å². The van der Waals surface area contributed by atoms with Gasteiger partial charge in [0.15, 0.2) is 0 Å². The van der Waals surface area contributed by atoms with Gasteiger partial charge in [0.25, 0.3) is 0 Å². The van der Waals surface area contributed by atoms with Gasteiger partial charge >= 0.3 is 12.2 Å². The molecule has 10 heteroatoms. The molecular weight excluding hydrogens is 447 g/mol. The third kappa shape index (κ3) is 10.8. The van der Waals surface area contributed by atoms with Crippen molar-refractivity contribution in [2.45, 2.75) is 78.0 Å². The van der Waals surface area contributed by atoms with Crippen molar-refractivity contribution in [3.8, 4) is 0 Å². The highest BCUT2D eigenvalue weighted by atomic mass is 16.6. The van der Waals surface area contributed by atoms with E-state index in [1.807, 2.05) is 12.1 Å². The number of carbonyl (C=O) groups is 3. The molecule has 0 bridgehead atoms. The van der Waals surface area contributed by atoms with E-state index in [4.69, 9.17) is 17.3 Å². The molecule has 9 nitrogen and oxygen atoms in total. The molecule has 2 radical (unpaired) electrons. The average molecular weight is 484 g/mol. The highest BCUT2D eigenvalue weighted by molar-refractivity contribution is 6.33. The zero-order valence-corrected chi connectivity index (χ0v) is 21.5. The summed E-state index contributed by atoms with van der Waals surface area (Å²) in [6.45, 7) is 11.3. The molecule has 4 N–H and O–H groups in total. The molecule has 0 unspecified atom stereocenters. The van der Waals surface area contributed by atoms with Crippen LogP contribution < -0.4 is 21.4 Å². The summed E-state index contributed by atoms with van der Waals surface area (Å²) in [5.41, 5.74) is 1.14. The number of nitrogens with one attached hydrogen (secondary N) is 4. The number of aromatic nitrogens is 1. The number of hydrogen-bond donors (Lipinski definition) is 4. The molecule has 35 heavy (non-hydrogen) atoms. The summed E-state index contributed by atoms with van der Waals surface area (Å²) in [6.07, 6.45) is 1.98.